The SMILES string of the molecule is Cl.Cl.O=c1c2cc(Cl)ccc2oc2ccc(CN3CCN(CCOCCO)CC3)cc12. The van der Waals surface area contributed by atoms with Crippen molar-refractivity contribution in [1.82, 2.24) is 9.80 Å². The Morgan fingerprint density at radius 2 is 1.58 bits per heavy atom. The maximum Gasteiger partial charge on any atom is 0.200 e. The van der Waals surface area contributed by atoms with Crippen LogP contribution in [0, 0.1) is 0 Å². The van der Waals surface area contributed by atoms with Crippen molar-refractivity contribution < 1.29 is 14.3 Å². The van der Waals surface area contributed by atoms with Gasteiger partial charge in [0, 0.05) is 44.3 Å². The summed E-state index contributed by atoms with van der Waals surface area (Å²) < 4.78 is 11.2. The van der Waals surface area contributed by atoms with E-state index < -0.39 is 0 Å². The van der Waals surface area contributed by atoms with Crippen molar-refractivity contribution in [3.63, 3.8) is 0 Å². The van der Waals surface area contributed by atoms with Crippen molar-refractivity contribution in [3.8, 4) is 0 Å². The number of aliphatic hydroxyl groups is 1. The standard InChI is InChI=1S/C22H25ClN2O4.2ClH/c23-17-2-4-21-19(14-17)22(27)18-13-16(1-3-20(18)29-21)15-25-7-5-24(6-8-25)9-11-28-12-10-26;;/h1-4,13-14,26H,5-12,15H2;2*1H. The van der Waals surface area contributed by atoms with E-state index in [4.69, 9.17) is 25.9 Å². The Morgan fingerprint density at radius 1 is 0.935 bits per heavy atom. The van der Waals surface area contributed by atoms with Crippen LogP contribution >= 0.6 is 36.4 Å². The van der Waals surface area contributed by atoms with Gasteiger partial charge < -0.3 is 14.3 Å². The number of nitrogens with zero attached hydrogens (tertiary/aromatic N) is 2. The molecule has 9 heteroatoms. The summed E-state index contributed by atoms with van der Waals surface area (Å²) in [6.07, 6.45) is 0. The van der Waals surface area contributed by atoms with Crippen LogP contribution in [0.2, 0.25) is 5.02 Å². The largest absolute Gasteiger partial charge is 0.456 e. The first-order valence-corrected chi connectivity index (χ1v) is 10.3. The molecule has 170 valence electrons. The van der Waals surface area contributed by atoms with Gasteiger partial charge in [-0.05, 0) is 35.9 Å². The molecule has 2 aromatic carbocycles. The Balaban J connectivity index is 0.00000171. The van der Waals surface area contributed by atoms with Gasteiger partial charge in [-0.1, -0.05) is 17.7 Å². The summed E-state index contributed by atoms with van der Waals surface area (Å²) in [5, 5.41) is 10.4. The molecule has 2 heterocycles. The molecule has 1 aliphatic heterocycles. The van der Waals surface area contributed by atoms with Crippen LogP contribution < -0.4 is 5.43 Å². The van der Waals surface area contributed by atoms with Gasteiger partial charge >= 0.3 is 0 Å². The summed E-state index contributed by atoms with van der Waals surface area (Å²) in [5.74, 6) is 0. The average Bonchev–Trinajstić information content (AvgIpc) is 2.74. The number of ether oxygens (including phenoxy) is 1. The lowest BCUT2D eigenvalue weighted by Gasteiger charge is -2.34. The summed E-state index contributed by atoms with van der Waals surface area (Å²) in [6.45, 7) is 6.73. The van der Waals surface area contributed by atoms with Crippen LogP contribution in [0.3, 0.4) is 0 Å². The molecule has 0 amide bonds. The number of fused-ring (bicyclic) bond motifs is 2. The molecule has 1 saturated heterocycles. The second kappa shape index (κ2) is 12.0. The average molecular weight is 490 g/mol. The first kappa shape index (κ1) is 25.9. The van der Waals surface area contributed by atoms with Gasteiger partial charge in [0.15, 0.2) is 0 Å². The molecule has 1 N–H and O–H groups in total. The van der Waals surface area contributed by atoms with Gasteiger partial charge in [0.2, 0.25) is 5.43 Å². The zero-order valence-electron chi connectivity index (χ0n) is 17.1. The second-order valence-corrected chi connectivity index (χ2v) is 7.79. The van der Waals surface area contributed by atoms with E-state index in [1.54, 1.807) is 18.2 Å². The Bertz CT molecular complexity index is 1050. The number of halogens is 3. The molecule has 0 unspecified atom stereocenters. The molecule has 0 bridgehead atoms. The van der Waals surface area contributed by atoms with Crippen LogP contribution in [0.15, 0.2) is 45.6 Å². The predicted octanol–water partition coefficient (Wildman–Crippen LogP) is 3.57. The van der Waals surface area contributed by atoms with Crippen LogP contribution in [0.25, 0.3) is 21.9 Å². The van der Waals surface area contributed by atoms with Gasteiger partial charge in [-0.25, -0.2) is 0 Å². The van der Waals surface area contributed by atoms with Gasteiger partial charge in [-0.15, -0.1) is 24.8 Å². The Kier molecular flexibility index (Phi) is 10.0. The fourth-order valence-electron chi connectivity index (χ4n) is 3.76. The zero-order chi connectivity index (χ0) is 20.2. The lowest BCUT2D eigenvalue weighted by atomic mass is 10.1. The van der Waals surface area contributed by atoms with E-state index in [-0.39, 0.29) is 36.8 Å². The van der Waals surface area contributed by atoms with Crippen LogP contribution in [0.1, 0.15) is 5.56 Å². The lowest BCUT2D eigenvalue weighted by molar-refractivity contribution is 0.0564. The number of hydrogen-bond acceptors (Lipinski definition) is 6. The first-order valence-electron chi connectivity index (χ1n) is 9.92. The van der Waals surface area contributed by atoms with E-state index in [2.05, 4.69) is 9.80 Å². The number of benzene rings is 2. The highest BCUT2D eigenvalue weighted by Crippen LogP contribution is 2.23. The van der Waals surface area contributed by atoms with E-state index in [9.17, 15) is 4.79 Å². The molecule has 0 aliphatic carbocycles. The van der Waals surface area contributed by atoms with Gasteiger partial charge in [0.05, 0.1) is 30.6 Å². The molecule has 0 radical (unpaired) electrons. The molecule has 6 nitrogen and oxygen atoms in total. The predicted molar refractivity (Wildman–Crippen MR) is 129 cm³/mol. The van der Waals surface area contributed by atoms with Crippen molar-refractivity contribution in [2.24, 2.45) is 0 Å². The topological polar surface area (TPSA) is 66.2 Å². The summed E-state index contributed by atoms with van der Waals surface area (Å²) in [7, 11) is 0. The molecule has 31 heavy (non-hydrogen) atoms. The molecular weight excluding hydrogens is 463 g/mol. The monoisotopic (exact) mass is 488 g/mol. The van der Waals surface area contributed by atoms with Gasteiger partial charge in [0.1, 0.15) is 11.2 Å². The van der Waals surface area contributed by atoms with E-state index in [1.807, 2.05) is 18.2 Å². The number of piperazine rings is 1. The van der Waals surface area contributed by atoms with Crippen molar-refractivity contribution in [2.75, 3.05) is 52.5 Å². The summed E-state index contributed by atoms with van der Waals surface area (Å²) in [4.78, 5) is 17.7. The summed E-state index contributed by atoms with van der Waals surface area (Å²) in [5.41, 5.74) is 2.21. The number of aliphatic hydroxyl groups excluding tert-OH is 1. The maximum absolute atomic E-state index is 12.9. The third-order valence-corrected chi connectivity index (χ3v) is 5.59. The van der Waals surface area contributed by atoms with Crippen LogP contribution in [0.5, 0.6) is 0 Å². The van der Waals surface area contributed by atoms with Gasteiger partial charge in [-0.3, -0.25) is 14.6 Å². The summed E-state index contributed by atoms with van der Waals surface area (Å²) >= 11 is 6.05. The lowest BCUT2D eigenvalue weighted by Crippen LogP contribution is -2.46. The molecule has 0 atom stereocenters. The molecule has 1 fully saturated rings. The quantitative estimate of drug-likeness (QED) is 0.404. The highest BCUT2D eigenvalue weighted by atomic mass is 35.5. The van der Waals surface area contributed by atoms with Crippen molar-refractivity contribution in [3.05, 3.63) is 57.2 Å². The molecule has 0 spiro atoms. The Morgan fingerprint density at radius 3 is 2.29 bits per heavy atom. The molecule has 1 aromatic heterocycles. The van der Waals surface area contributed by atoms with E-state index >= 15 is 0 Å². The smallest absolute Gasteiger partial charge is 0.200 e. The molecule has 3 aromatic rings. The third kappa shape index (κ3) is 6.33. The molecule has 0 saturated carbocycles. The van der Waals surface area contributed by atoms with Gasteiger partial charge in [-0.2, -0.15) is 0 Å². The minimum Gasteiger partial charge on any atom is -0.456 e. The Hall–Kier alpha value is -1.38. The maximum atomic E-state index is 12.9. The van der Waals surface area contributed by atoms with Crippen LogP contribution in [-0.2, 0) is 11.3 Å². The number of hydrogen-bond donors (Lipinski definition) is 1. The fourth-order valence-corrected chi connectivity index (χ4v) is 3.94. The van der Waals surface area contributed by atoms with Crippen molar-refractivity contribution >= 4 is 58.4 Å². The van der Waals surface area contributed by atoms with Gasteiger partial charge in [0.25, 0.3) is 0 Å². The highest BCUT2D eigenvalue weighted by molar-refractivity contribution is 6.31. The normalized spacial score (nSPS) is 15.0. The molecule has 1 aliphatic rings. The van der Waals surface area contributed by atoms with E-state index in [0.29, 0.717) is 40.2 Å². The zero-order valence-corrected chi connectivity index (χ0v) is 19.5. The minimum absolute atomic E-state index is 0. The number of rotatable bonds is 7. The van der Waals surface area contributed by atoms with Crippen LogP contribution in [-0.4, -0.2) is 67.5 Å². The molecular formula is C22H27Cl3N2O4. The fraction of sp³-hybridized carbons (Fsp3) is 0.409. The third-order valence-electron chi connectivity index (χ3n) is 5.35. The van der Waals surface area contributed by atoms with Crippen molar-refractivity contribution in [2.45, 2.75) is 6.54 Å². The highest BCUT2D eigenvalue weighted by Gasteiger charge is 2.17. The van der Waals surface area contributed by atoms with Crippen LogP contribution in [0.4, 0.5) is 0 Å². The first-order chi connectivity index (χ1) is 14.1. The second-order valence-electron chi connectivity index (χ2n) is 7.36. The minimum atomic E-state index is -0.0432. The van der Waals surface area contributed by atoms with E-state index in [1.165, 1.54) is 0 Å². The Labute approximate surface area is 198 Å². The summed E-state index contributed by atoms with van der Waals surface area (Å²) in [6, 6.07) is 11.0. The molecule has 4 rings (SSSR count). The van der Waals surface area contributed by atoms with E-state index in [0.717, 1.165) is 44.8 Å². The van der Waals surface area contributed by atoms with Crippen molar-refractivity contribution in [1.29, 1.82) is 0 Å².